The standard InChI is InChI=1S/C11H16N4O2/c12-14-10-5-9(6-11(7-10)15(16)17)13-8-3-1-2-4-8/h5-8,13-14H,1-4,12H2. The van der Waals surface area contributed by atoms with Gasteiger partial charge in [-0.15, -0.1) is 0 Å². The fourth-order valence-corrected chi connectivity index (χ4v) is 2.19. The molecule has 1 aliphatic rings. The molecule has 0 radical (unpaired) electrons. The minimum atomic E-state index is -0.416. The molecule has 17 heavy (non-hydrogen) atoms. The van der Waals surface area contributed by atoms with E-state index in [1.807, 2.05) is 0 Å². The first kappa shape index (κ1) is 11.7. The molecule has 6 heteroatoms. The summed E-state index contributed by atoms with van der Waals surface area (Å²) in [5.41, 5.74) is 3.78. The topological polar surface area (TPSA) is 93.2 Å². The highest BCUT2D eigenvalue weighted by molar-refractivity contribution is 5.63. The first-order chi connectivity index (χ1) is 8.19. The van der Waals surface area contributed by atoms with Gasteiger partial charge in [0, 0.05) is 23.9 Å². The Morgan fingerprint density at radius 2 is 1.88 bits per heavy atom. The molecule has 92 valence electrons. The van der Waals surface area contributed by atoms with Crippen molar-refractivity contribution in [2.45, 2.75) is 31.7 Å². The van der Waals surface area contributed by atoms with Gasteiger partial charge in [-0.25, -0.2) is 0 Å². The van der Waals surface area contributed by atoms with E-state index in [4.69, 9.17) is 5.84 Å². The number of nitrogens with two attached hydrogens (primary N) is 1. The molecule has 0 amide bonds. The molecule has 1 fully saturated rings. The van der Waals surface area contributed by atoms with Crippen LogP contribution in [0.4, 0.5) is 17.1 Å². The molecule has 0 atom stereocenters. The van der Waals surface area contributed by atoms with Gasteiger partial charge in [-0.3, -0.25) is 16.0 Å². The molecular formula is C11H16N4O2. The minimum absolute atomic E-state index is 0.0425. The summed E-state index contributed by atoms with van der Waals surface area (Å²) < 4.78 is 0. The maximum Gasteiger partial charge on any atom is 0.273 e. The maximum atomic E-state index is 10.8. The lowest BCUT2D eigenvalue weighted by Gasteiger charge is -2.14. The molecule has 0 bridgehead atoms. The minimum Gasteiger partial charge on any atom is -0.382 e. The van der Waals surface area contributed by atoms with Gasteiger partial charge in [-0.1, -0.05) is 12.8 Å². The highest BCUT2D eigenvalue weighted by Gasteiger charge is 2.16. The van der Waals surface area contributed by atoms with Crippen LogP contribution in [-0.4, -0.2) is 11.0 Å². The first-order valence-corrected chi connectivity index (χ1v) is 5.71. The van der Waals surface area contributed by atoms with Crippen LogP contribution in [0.3, 0.4) is 0 Å². The Kier molecular flexibility index (Phi) is 3.43. The second-order valence-electron chi connectivity index (χ2n) is 4.30. The fraction of sp³-hybridized carbons (Fsp3) is 0.455. The highest BCUT2D eigenvalue weighted by atomic mass is 16.6. The monoisotopic (exact) mass is 236 g/mol. The van der Waals surface area contributed by atoms with Crippen LogP contribution in [0.15, 0.2) is 18.2 Å². The summed E-state index contributed by atoms with van der Waals surface area (Å²) in [4.78, 5) is 10.4. The number of hydrogen-bond donors (Lipinski definition) is 3. The van der Waals surface area contributed by atoms with Crippen LogP contribution in [0.25, 0.3) is 0 Å². The van der Waals surface area contributed by atoms with Gasteiger partial charge in [0.2, 0.25) is 0 Å². The number of nitro groups is 1. The predicted octanol–water partition coefficient (Wildman–Crippen LogP) is 2.23. The zero-order valence-corrected chi connectivity index (χ0v) is 9.48. The maximum absolute atomic E-state index is 10.8. The fourth-order valence-electron chi connectivity index (χ4n) is 2.19. The average Bonchev–Trinajstić information content (AvgIpc) is 2.81. The van der Waals surface area contributed by atoms with E-state index in [1.165, 1.54) is 18.9 Å². The number of nitrogens with one attached hydrogen (secondary N) is 2. The first-order valence-electron chi connectivity index (χ1n) is 5.71. The van der Waals surface area contributed by atoms with Crippen molar-refractivity contribution >= 4 is 17.1 Å². The van der Waals surface area contributed by atoms with Crippen LogP contribution in [-0.2, 0) is 0 Å². The summed E-state index contributed by atoms with van der Waals surface area (Å²) in [5, 5.41) is 14.1. The molecule has 1 saturated carbocycles. The third-order valence-electron chi connectivity index (χ3n) is 3.02. The summed E-state index contributed by atoms with van der Waals surface area (Å²) in [6.07, 6.45) is 4.67. The number of hydrazine groups is 1. The molecule has 2 rings (SSSR count). The van der Waals surface area contributed by atoms with E-state index in [9.17, 15) is 10.1 Å². The lowest BCUT2D eigenvalue weighted by molar-refractivity contribution is -0.384. The highest BCUT2D eigenvalue weighted by Crippen LogP contribution is 2.27. The lowest BCUT2D eigenvalue weighted by atomic mass is 10.2. The van der Waals surface area contributed by atoms with Gasteiger partial charge >= 0.3 is 0 Å². The number of rotatable bonds is 4. The van der Waals surface area contributed by atoms with E-state index in [0.717, 1.165) is 18.5 Å². The van der Waals surface area contributed by atoms with Gasteiger partial charge in [0.15, 0.2) is 0 Å². The molecule has 0 unspecified atom stereocenters. The van der Waals surface area contributed by atoms with Gasteiger partial charge in [0.25, 0.3) is 5.69 Å². The van der Waals surface area contributed by atoms with E-state index in [-0.39, 0.29) is 5.69 Å². The average molecular weight is 236 g/mol. The second kappa shape index (κ2) is 5.01. The van der Waals surface area contributed by atoms with Crippen LogP contribution < -0.4 is 16.6 Å². The predicted molar refractivity (Wildman–Crippen MR) is 66.8 cm³/mol. The Morgan fingerprint density at radius 3 is 2.47 bits per heavy atom. The van der Waals surface area contributed by atoms with Crippen molar-refractivity contribution in [1.82, 2.24) is 0 Å². The summed E-state index contributed by atoms with van der Waals surface area (Å²) in [7, 11) is 0. The van der Waals surface area contributed by atoms with Gasteiger partial charge in [-0.2, -0.15) is 0 Å². The molecule has 0 saturated heterocycles. The zero-order valence-electron chi connectivity index (χ0n) is 9.48. The SMILES string of the molecule is NNc1cc(NC2CCCC2)cc([N+](=O)[O-])c1. The summed E-state index contributed by atoms with van der Waals surface area (Å²) in [6.45, 7) is 0. The van der Waals surface area contributed by atoms with Crippen LogP contribution in [0, 0.1) is 10.1 Å². The zero-order chi connectivity index (χ0) is 12.3. The molecule has 6 nitrogen and oxygen atoms in total. The Hall–Kier alpha value is -1.82. The Labute approximate surface area is 99.3 Å². The molecule has 4 N–H and O–H groups in total. The third-order valence-corrected chi connectivity index (χ3v) is 3.02. The number of nitrogens with zero attached hydrogens (tertiary/aromatic N) is 1. The van der Waals surface area contributed by atoms with Crippen molar-refractivity contribution in [2.75, 3.05) is 10.7 Å². The van der Waals surface area contributed by atoms with E-state index < -0.39 is 4.92 Å². The lowest BCUT2D eigenvalue weighted by Crippen LogP contribution is -2.15. The summed E-state index contributed by atoms with van der Waals surface area (Å²) in [5.74, 6) is 5.30. The Bertz CT molecular complexity index is 416. The smallest absolute Gasteiger partial charge is 0.273 e. The van der Waals surface area contributed by atoms with Crippen molar-refractivity contribution in [3.8, 4) is 0 Å². The number of benzene rings is 1. The molecular weight excluding hydrogens is 220 g/mol. The van der Waals surface area contributed by atoms with Gasteiger partial charge in [0.05, 0.1) is 10.6 Å². The Balaban J connectivity index is 2.19. The van der Waals surface area contributed by atoms with Crippen LogP contribution >= 0.6 is 0 Å². The summed E-state index contributed by atoms with van der Waals surface area (Å²) in [6, 6.07) is 5.16. The number of non-ortho nitro benzene ring substituents is 1. The van der Waals surface area contributed by atoms with Gasteiger partial charge in [-0.05, 0) is 18.9 Å². The number of anilines is 2. The quantitative estimate of drug-likeness (QED) is 0.423. The Morgan fingerprint density at radius 1 is 1.24 bits per heavy atom. The van der Waals surface area contributed by atoms with Crippen molar-refractivity contribution in [2.24, 2.45) is 5.84 Å². The third kappa shape index (κ3) is 2.85. The van der Waals surface area contributed by atoms with Crippen molar-refractivity contribution in [1.29, 1.82) is 0 Å². The van der Waals surface area contributed by atoms with E-state index in [2.05, 4.69) is 10.7 Å². The van der Waals surface area contributed by atoms with E-state index in [1.54, 1.807) is 12.1 Å². The molecule has 1 aromatic carbocycles. The number of nitrogen functional groups attached to an aromatic ring is 1. The van der Waals surface area contributed by atoms with Crippen LogP contribution in [0.5, 0.6) is 0 Å². The molecule has 1 aromatic rings. The van der Waals surface area contributed by atoms with Crippen LogP contribution in [0.2, 0.25) is 0 Å². The van der Waals surface area contributed by atoms with Gasteiger partial charge in [0.1, 0.15) is 0 Å². The van der Waals surface area contributed by atoms with Crippen molar-refractivity contribution in [3.63, 3.8) is 0 Å². The van der Waals surface area contributed by atoms with E-state index >= 15 is 0 Å². The van der Waals surface area contributed by atoms with Gasteiger partial charge < -0.3 is 10.7 Å². The number of nitro benzene ring substituents is 1. The van der Waals surface area contributed by atoms with Crippen molar-refractivity contribution in [3.05, 3.63) is 28.3 Å². The molecule has 0 aromatic heterocycles. The second-order valence-corrected chi connectivity index (χ2v) is 4.30. The largest absolute Gasteiger partial charge is 0.382 e. The normalized spacial score (nSPS) is 15.8. The molecule has 0 heterocycles. The van der Waals surface area contributed by atoms with Crippen molar-refractivity contribution < 1.29 is 4.92 Å². The molecule has 0 aliphatic heterocycles. The summed E-state index contributed by atoms with van der Waals surface area (Å²) >= 11 is 0. The van der Waals surface area contributed by atoms with Crippen LogP contribution in [0.1, 0.15) is 25.7 Å². The van der Waals surface area contributed by atoms with E-state index in [0.29, 0.717) is 11.7 Å². The molecule has 1 aliphatic carbocycles. The number of hydrogen-bond acceptors (Lipinski definition) is 5. The molecule has 0 spiro atoms.